The number of aryl methyl sites for hydroxylation is 1. The van der Waals surface area contributed by atoms with E-state index in [4.69, 9.17) is 23.2 Å². The largest absolute Gasteiger partial charge is 0.207 e. The molecule has 0 saturated heterocycles. The van der Waals surface area contributed by atoms with E-state index in [1.54, 1.807) is 18.2 Å². The van der Waals surface area contributed by atoms with Gasteiger partial charge in [-0.2, -0.15) is 0 Å². The Bertz CT molecular complexity index is 629. The summed E-state index contributed by atoms with van der Waals surface area (Å²) in [5.41, 5.74) is 0.930. The molecule has 2 rings (SSSR count). The van der Waals surface area contributed by atoms with Crippen LogP contribution in [0.4, 0.5) is 8.78 Å². The van der Waals surface area contributed by atoms with Gasteiger partial charge in [-0.3, -0.25) is 0 Å². The number of rotatable bonds is 2. The van der Waals surface area contributed by atoms with Crippen molar-refractivity contribution >= 4 is 39.1 Å². The highest BCUT2D eigenvalue weighted by atomic mass is 79.9. The van der Waals surface area contributed by atoms with Crippen molar-refractivity contribution in [3.8, 4) is 0 Å². The number of hydrogen-bond acceptors (Lipinski definition) is 0. The molecule has 0 bridgehead atoms. The number of alkyl halides is 1. The first-order valence-corrected chi connectivity index (χ1v) is 7.05. The van der Waals surface area contributed by atoms with E-state index in [1.165, 1.54) is 6.92 Å². The van der Waals surface area contributed by atoms with E-state index in [9.17, 15) is 8.78 Å². The van der Waals surface area contributed by atoms with Gasteiger partial charge in [0.1, 0.15) is 11.6 Å². The van der Waals surface area contributed by atoms with Crippen molar-refractivity contribution in [2.75, 3.05) is 0 Å². The summed E-state index contributed by atoms with van der Waals surface area (Å²) < 4.78 is 28.1. The molecule has 1 unspecified atom stereocenters. The third kappa shape index (κ3) is 3.10. The SMILES string of the molecule is Cc1cc(F)c(C(Cl)c2cc(Cl)ccc2Br)cc1F. The zero-order chi connectivity index (χ0) is 14.2. The van der Waals surface area contributed by atoms with Gasteiger partial charge in [-0.15, -0.1) is 11.6 Å². The maximum Gasteiger partial charge on any atom is 0.128 e. The van der Waals surface area contributed by atoms with Crippen LogP contribution in [0.2, 0.25) is 5.02 Å². The molecule has 0 aliphatic heterocycles. The van der Waals surface area contributed by atoms with Gasteiger partial charge in [0.2, 0.25) is 0 Å². The minimum atomic E-state index is -0.817. The van der Waals surface area contributed by atoms with Crippen molar-refractivity contribution in [2.24, 2.45) is 0 Å². The van der Waals surface area contributed by atoms with Crippen LogP contribution in [0.5, 0.6) is 0 Å². The van der Waals surface area contributed by atoms with Crippen molar-refractivity contribution in [2.45, 2.75) is 12.3 Å². The van der Waals surface area contributed by atoms with Crippen molar-refractivity contribution < 1.29 is 8.78 Å². The van der Waals surface area contributed by atoms with E-state index in [0.29, 0.717) is 15.1 Å². The highest BCUT2D eigenvalue weighted by molar-refractivity contribution is 9.10. The van der Waals surface area contributed by atoms with Gasteiger partial charge in [-0.1, -0.05) is 27.5 Å². The zero-order valence-electron chi connectivity index (χ0n) is 9.85. The summed E-state index contributed by atoms with van der Waals surface area (Å²) >= 11 is 15.5. The molecule has 2 aromatic carbocycles. The molecule has 1 atom stereocenters. The normalized spacial score (nSPS) is 12.5. The lowest BCUT2D eigenvalue weighted by Gasteiger charge is -2.14. The molecule has 0 spiro atoms. The molecule has 5 heteroatoms. The fraction of sp³-hybridized carbons (Fsp3) is 0.143. The third-order valence-electron chi connectivity index (χ3n) is 2.78. The van der Waals surface area contributed by atoms with Gasteiger partial charge >= 0.3 is 0 Å². The molecule has 0 saturated carbocycles. The van der Waals surface area contributed by atoms with Crippen LogP contribution < -0.4 is 0 Å². The van der Waals surface area contributed by atoms with E-state index in [-0.39, 0.29) is 11.1 Å². The lowest BCUT2D eigenvalue weighted by molar-refractivity contribution is 0.580. The second-order valence-electron chi connectivity index (χ2n) is 4.15. The van der Waals surface area contributed by atoms with Gasteiger partial charge in [-0.25, -0.2) is 8.78 Å². The number of benzene rings is 2. The summed E-state index contributed by atoms with van der Waals surface area (Å²) in [5.74, 6) is -1.02. The van der Waals surface area contributed by atoms with Crippen molar-refractivity contribution in [3.63, 3.8) is 0 Å². The molecule has 2 aromatic rings. The molecule has 100 valence electrons. The lowest BCUT2D eigenvalue weighted by Crippen LogP contribution is -2.00. The van der Waals surface area contributed by atoms with Crippen LogP contribution >= 0.6 is 39.1 Å². The molecular formula is C14H9BrCl2F2. The summed E-state index contributed by atoms with van der Waals surface area (Å²) in [7, 11) is 0. The third-order valence-corrected chi connectivity index (χ3v) is 4.21. The molecule has 0 heterocycles. The Balaban J connectivity index is 2.52. The van der Waals surface area contributed by atoms with E-state index >= 15 is 0 Å². The Morgan fingerprint density at radius 1 is 1.05 bits per heavy atom. The molecule has 19 heavy (non-hydrogen) atoms. The predicted molar refractivity (Wildman–Crippen MR) is 77.9 cm³/mol. The highest BCUT2D eigenvalue weighted by Gasteiger charge is 2.19. The minimum absolute atomic E-state index is 0.0905. The fourth-order valence-electron chi connectivity index (χ4n) is 1.73. The van der Waals surface area contributed by atoms with Gasteiger partial charge in [-0.05, 0) is 48.4 Å². The quantitative estimate of drug-likeness (QED) is 0.571. The van der Waals surface area contributed by atoms with Gasteiger partial charge in [0.25, 0.3) is 0 Å². The fourth-order valence-corrected chi connectivity index (χ4v) is 2.87. The Kier molecular flexibility index (Phi) is 4.49. The molecule has 0 aliphatic carbocycles. The second kappa shape index (κ2) is 5.78. The van der Waals surface area contributed by atoms with E-state index in [1.807, 2.05) is 0 Å². The molecule has 0 nitrogen and oxygen atoms in total. The number of hydrogen-bond donors (Lipinski definition) is 0. The van der Waals surface area contributed by atoms with Gasteiger partial charge in [0.15, 0.2) is 0 Å². The standard InChI is InChI=1S/C14H9BrCl2F2/c1-7-4-13(19)10(6-12(7)18)14(17)9-5-8(16)2-3-11(9)15/h2-6,14H,1H3. The first-order valence-electron chi connectivity index (χ1n) is 5.44. The van der Waals surface area contributed by atoms with Crippen LogP contribution in [0.25, 0.3) is 0 Å². The zero-order valence-corrected chi connectivity index (χ0v) is 13.0. The van der Waals surface area contributed by atoms with Gasteiger partial charge in [0, 0.05) is 15.1 Å². The maximum absolute atomic E-state index is 13.9. The summed E-state index contributed by atoms with van der Waals surface area (Å²) in [4.78, 5) is 0. The molecule has 0 radical (unpaired) electrons. The summed E-state index contributed by atoms with van der Waals surface area (Å²) in [6.07, 6.45) is 0. The molecule has 0 N–H and O–H groups in total. The monoisotopic (exact) mass is 364 g/mol. The Labute approximate surface area is 128 Å². The van der Waals surface area contributed by atoms with Crippen LogP contribution in [-0.2, 0) is 0 Å². The van der Waals surface area contributed by atoms with Gasteiger partial charge < -0.3 is 0 Å². The average Bonchev–Trinajstić information content (AvgIpc) is 2.36. The lowest BCUT2D eigenvalue weighted by atomic mass is 10.0. The van der Waals surface area contributed by atoms with Crippen LogP contribution in [0, 0.1) is 18.6 Å². The van der Waals surface area contributed by atoms with E-state index in [2.05, 4.69) is 15.9 Å². The molecule has 0 fully saturated rings. The summed E-state index contributed by atoms with van der Waals surface area (Å²) in [6, 6.07) is 7.29. The van der Waals surface area contributed by atoms with Crippen molar-refractivity contribution in [1.29, 1.82) is 0 Å². The van der Waals surface area contributed by atoms with E-state index < -0.39 is 17.0 Å². The van der Waals surface area contributed by atoms with Crippen molar-refractivity contribution in [1.82, 2.24) is 0 Å². The minimum Gasteiger partial charge on any atom is -0.207 e. The van der Waals surface area contributed by atoms with Crippen LogP contribution in [0.3, 0.4) is 0 Å². The molecule has 0 aliphatic rings. The molecular weight excluding hydrogens is 357 g/mol. The first-order chi connectivity index (χ1) is 8.90. The van der Waals surface area contributed by atoms with Crippen molar-refractivity contribution in [3.05, 3.63) is 68.2 Å². The van der Waals surface area contributed by atoms with Gasteiger partial charge in [0.05, 0.1) is 5.38 Å². The number of halogens is 5. The highest BCUT2D eigenvalue weighted by Crippen LogP contribution is 2.37. The smallest absolute Gasteiger partial charge is 0.128 e. The van der Waals surface area contributed by atoms with Crippen LogP contribution in [-0.4, -0.2) is 0 Å². The van der Waals surface area contributed by atoms with Crippen LogP contribution in [0.15, 0.2) is 34.8 Å². The maximum atomic E-state index is 13.9. The first kappa shape index (κ1) is 14.8. The Hall–Kier alpha value is -0.640. The second-order valence-corrected chi connectivity index (χ2v) is 5.88. The predicted octanol–water partition coefficient (Wildman–Crippen LogP) is 6.02. The average molecular weight is 366 g/mol. The van der Waals surface area contributed by atoms with Crippen LogP contribution in [0.1, 0.15) is 22.1 Å². The molecule has 0 aromatic heterocycles. The topological polar surface area (TPSA) is 0 Å². The van der Waals surface area contributed by atoms with E-state index in [0.717, 1.165) is 12.1 Å². The molecule has 0 amide bonds. The Morgan fingerprint density at radius 3 is 2.42 bits per heavy atom. The summed E-state index contributed by atoms with van der Waals surface area (Å²) in [5, 5.41) is -0.333. The summed E-state index contributed by atoms with van der Waals surface area (Å²) in [6.45, 7) is 1.50. The Morgan fingerprint density at radius 2 is 1.74 bits per heavy atom.